The minimum atomic E-state index is -0.688. The van der Waals surface area contributed by atoms with E-state index >= 15 is 0 Å². The van der Waals surface area contributed by atoms with Crippen LogP contribution in [0.4, 0.5) is 10.8 Å². The predicted octanol–water partition coefficient (Wildman–Crippen LogP) is 6.69. The fraction of sp³-hybridized carbons (Fsp3) is 0. The monoisotopic (exact) mass is 512 g/mol. The number of nitrogens with one attached hydrogen (secondary N) is 1. The van der Waals surface area contributed by atoms with E-state index in [1.165, 1.54) is 35.6 Å². The highest BCUT2D eigenvalue weighted by Gasteiger charge is 2.13. The molecule has 4 aromatic rings. The Bertz CT molecular complexity index is 1390. The average Bonchev–Trinajstić information content (AvgIpc) is 3.29. The Morgan fingerprint density at radius 3 is 2.65 bits per heavy atom. The predicted molar refractivity (Wildman–Crippen MR) is 133 cm³/mol. The summed E-state index contributed by atoms with van der Waals surface area (Å²) in [5.41, 5.74) is 5.00. The molecule has 0 atom stereocenters. The lowest BCUT2D eigenvalue weighted by Gasteiger charge is -2.04. The van der Waals surface area contributed by atoms with Crippen molar-refractivity contribution in [3.05, 3.63) is 103 Å². The number of rotatable bonds is 7. The first-order chi connectivity index (χ1) is 16.4. The first kappa shape index (κ1) is 23.4. The summed E-state index contributed by atoms with van der Waals surface area (Å²) in [6.07, 6.45) is 1.59. The van der Waals surface area contributed by atoms with Gasteiger partial charge in [0.1, 0.15) is 5.75 Å². The number of hydrogen-bond acceptors (Lipinski definition) is 8. The second kappa shape index (κ2) is 10.4. The van der Waals surface area contributed by atoms with Gasteiger partial charge in [-0.1, -0.05) is 29.3 Å². The lowest BCUT2D eigenvalue weighted by atomic mass is 10.2. The number of thiazole rings is 1. The van der Waals surface area contributed by atoms with E-state index in [-0.39, 0.29) is 11.3 Å². The second-order valence-corrected chi connectivity index (χ2v) is 8.50. The van der Waals surface area contributed by atoms with Crippen LogP contribution >= 0.6 is 34.5 Å². The first-order valence-corrected chi connectivity index (χ1v) is 11.3. The Morgan fingerprint density at radius 1 is 1.12 bits per heavy atom. The number of non-ortho nitro benzene ring substituents is 1. The Hall–Kier alpha value is -3.79. The molecule has 0 amide bonds. The molecule has 170 valence electrons. The molecule has 0 fully saturated rings. The van der Waals surface area contributed by atoms with Gasteiger partial charge in [0.25, 0.3) is 5.69 Å². The summed E-state index contributed by atoms with van der Waals surface area (Å²) in [7, 11) is 0. The van der Waals surface area contributed by atoms with Gasteiger partial charge in [-0.15, -0.1) is 11.3 Å². The highest BCUT2D eigenvalue weighted by molar-refractivity contribution is 7.14. The largest absolute Gasteiger partial charge is 0.423 e. The van der Waals surface area contributed by atoms with Crippen LogP contribution in [0.2, 0.25) is 10.0 Å². The molecule has 0 saturated heterocycles. The fourth-order valence-corrected chi connectivity index (χ4v) is 4.01. The molecule has 34 heavy (non-hydrogen) atoms. The van der Waals surface area contributed by atoms with Crippen molar-refractivity contribution >= 4 is 57.5 Å². The summed E-state index contributed by atoms with van der Waals surface area (Å²) in [5, 5.41) is 18.5. The SMILES string of the molecule is O=C(Oc1ccc(/C=N/Nc2nc(-c3ccc(Cl)cc3Cl)cs2)cc1)c1cccc([N+](=O)[O-])c1. The molecule has 0 aliphatic carbocycles. The highest BCUT2D eigenvalue weighted by Crippen LogP contribution is 2.32. The third kappa shape index (κ3) is 5.76. The minimum absolute atomic E-state index is 0.0896. The van der Waals surface area contributed by atoms with E-state index in [0.717, 1.165) is 11.1 Å². The number of halogens is 2. The smallest absolute Gasteiger partial charge is 0.343 e. The van der Waals surface area contributed by atoms with Gasteiger partial charge in [0.15, 0.2) is 0 Å². The van der Waals surface area contributed by atoms with Crippen molar-refractivity contribution in [2.24, 2.45) is 5.10 Å². The number of anilines is 1. The Labute approximate surface area is 207 Å². The van der Waals surface area contributed by atoms with E-state index in [0.29, 0.717) is 26.6 Å². The molecule has 0 saturated carbocycles. The number of benzene rings is 3. The van der Waals surface area contributed by atoms with Crippen LogP contribution in [0.15, 0.2) is 77.2 Å². The van der Waals surface area contributed by atoms with Gasteiger partial charge in [0.05, 0.1) is 27.4 Å². The molecule has 4 rings (SSSR count). The van der Waals surface area contributed by atoms with Gasteiger partial charge in [0.2, 0.25) is 5.13 Å². The number of ether oxygens (including phenoxy) is 1. The van der Waals surface area contributed by atoms with Gasteiger partial charge < -0.3 is 4.74 Å². The number of hydrazone groups is 1. The molecule has 0 bridgehead atoms. The van der Waals surface area contributed by atoms with Crippen LogP contribution in [-0.2, 0) is 0 Å². The van der Waals surface area contributed by atoms with Gasteiger partial charge in [0, 0.05) is 28.1 Å². The van der Waals surface area contributed by atoms with Crippen LogP contribution in [0, 0.1) is 10.1 Å². The van der Waals surface area contributed by atoms with E-state index in [2.05, 4.69) is 15.5 Å². The molecule has 0 radical (unpaired) electrons. The number of hydrogen-bond donors (Lipinski definition) is 1. The van der Waals surface area contributed by atoms with Crippen LogP contribution in [0.1, 0.15) is 15.9 Å². The quantitative estimate of drug-likeness (QED) is 0.0970. The number of nitro groups is 1. The van der Waals surface area contributed by atoms with Crippen molar-refractivity contribution in [2.75, 3.05) is 5.43 Å². The Kier molecular flexibility index (Phi) is 7.17. The lowest BCUT2D eigenvalue weighted by Crippen LogP contribution is -2.08. The topological polar surface area (TPSA) is 107 Å². The standard InChI is InChI=1S/C23H14Cl2N4O4S/c24-16-6-9-19(20(25)11-16)21-13-34-23(27-21)28-26-12-14-4-7-18(8-5-14)33-22(30)15-2-1-3-17(10-15)29(31)32/h1-13H,(H,27,28)/b26-12+. The Morgan fingerprint density at radius 2 is 1.91 bits per heavy atom. The van der Waals surface area contributed by atoms with Crippen LogP contribution in [0.25, 0.3) is 11.3 Å². The molecule has 0 unspecified atom stereocenters. The number of carbonyl (C=O) groups is 1. The summed E-state index contributed by atoms with van der Waals surface area (Å²) in [5.74, 6) is -0.391. The Balaban J connectivity index is 1.35. The number of aromatic nitrogens is 1. The van der Waals surface area contributed by atoms with Crippen molar-refractivity contribution < 1.29 is 14.5 Å². The summed E-state index contributed by atoms with van der Waals surface area (Å²) < 4.78 is 5.28. The van der Waals surface area contributed by atoms with Crippen LogP contribution in [0.3, 0.4) is 0 Å². The summed E-state index contributed by atoms with van der Waals surface area (Å²) in [6, 6.07) is 17.2. The van der Waals surface area contributed by atoms with Gasteiger partial charge >= 0.3 is 5.97 Å². The molecule has 1 heterocycles. The number of esters is 1. The van der Waals surface area contributed by atoms with Crippen LogP contribution < -0.4 is 10.2 Å². The van der Waals surface area contributed by atoms with Gasteiger partial charge in [-0.2, -0.15) is 5.10 Å². The van der Waals surface area contributed by atoms with Crippen molar-refractivity contribution in [3.63, 3.8) is 0 Å². The average molecular weight is 513 g/mol. The van der Waals surface area contributed by atoms with E-state index in [1.807, 2.05) is 5.38 Å². The minimum Gasteiger partial charge on any atom is -0.423 e. The van der Waals surface area contributed by atoms with Crippen LogP contribution in [-0.4, -0.2) is 22.1 Å². The van der Waals surface area contributed by atoms with E-state index in [4.69, 9.17) is 27.9 Å². The second-order valence-electron chi connectivity index (χ2n) is 6.80. The molecule has 0 aliphatic heterocycles. The number of carbonyl (C=O) groups excluding carboxylic acids is 1. The van der Waals surface area contributed by atoms with Crippen molar-refractivity contribution in [1.29, 1.82) is 0 Å². The van der Waals surface area contributed by atoms with Crippen LogP contribution in [0.5, 0.6) is 5.75 Å². The maximum absolute atomic E-state index is 12.2. The van der Waals surface area contributed by atoms with Crippen molar-refractivity contribution in [2.45, 2.75) is 0 Å². The summed E-state index contributed by atoms with van der Waals surface area (Å²) in [4.78, 5) is 27.0. The fourth-order valence-electron chi connectivity index (χ4n) is 2.84. The van der Waals surface area contributed by atoms with E-state index in [9.17, 15) is 14.9 Å². The molecular formula is C23H14Cl2N4O4S. The van der Waals surface area contributed by atoms with Gasteiger partial charge in [-0.25, -0.2) is 9.78 Å². The zero-order valence-electron chi connectivity index (χ0n) is 17.1. The molecular weight excluding hydrogens is 499 g/mol. The maximum Gasteiger partial charge on any atom is 0.343 e. The molecule has 8 nitrogen and oxygen atoms in total. The molecule has 11 heteroatoms. The summed E-state index contributed by atoms with van der Waals surface area (Å²) >= 11 is 13.5. The molecule has 0 aliphatic rings. The number of nitro benzene ring substituents is 1. The molecule has 1 N–H and O–H groups in total. The molecule has 1 aromatic heterocycles. The first-order valence-electron chi connectivity index (χ1n) is 9.66. The third-order valence-electron chi connectivity index (χ3n) is 4.47. The van der Waals surface area contributed by atoms with E-state index in [1.54, 1.807) is 48.7 Å². The lowest BCUT2D eigenvalue weighted by molar-refractivity contribution is -0.384. The van der Waals surface area contributed by atoms with Gasteiger partial charge in [-0.05, 0) is 54.1 Å². The van der Waals surface area contributed by atoms with Crippen molar-refractivity contribution in [1.82, 2.24) is 4.98 Å². The zero-order valence-corrected chi connectivity index (χ0v) is 19.5. The van der Waals surface area contributed by atoms with E-state index < -0.39 is 10.9 Å². The molecule has 3 aromatic carbocycles. The maximum atomic E-state index is 12.2. The third-order valence-corrected chi connectivity index (χ3v) is 5.76. The zero-order chi connectivity index (χ0) is 24.1. The highest BCUT2D eigenvalue weighted by atomic mass is 35.5. The van der Waals surface area contributed by atoms with Crippen molar-refractivity contribution in [3.8, 4) is 17.0 Å². The normalized spacial score (nSPS) is 10.9. The van der Waals surface area contributed by atoms with Gasteiger partial charge in [-0.3, -0.25) is 15.5 Å². The number of nitrogens with zero attached hydrogens (tertiary/aromatic N) is 3. The summed E-state index contributed by atoms with van der Waals surface area (Å²) in [6.45, 7) is 0. The molecule has 0 spiro atoms.